The summed E-state index contributed by atoms with van der Waals surface area (Å²) in [5, 5.41) is 3.87. The molecule has 0 bridgehead atoms. The monoisotopic (exact) mass is 514 g/mol. The van der Waals surface area contributed by atoms with Gasteiger partial charge < -0.3 is 15.3 Å². The number of rotatable bonds is 7. The summed E-state index contributed by atoms with van der Waals surface area (Å²) in [6.07, 6.45) is 3.59. The van der Waals surface area contributed by atoms with Crippen molar-refractivity contribution in [2.45, 2.75) is 59.5 Å². The molecule has 0 unspecified atom stereocenters. The van der Waals surface area contributed by atoms with Gasteiger partial charge in [-0.1, -0.05) is 13.3 Å². The fourth-order valence-corrected chi connectivity index (χ4v) is 6.40. The van der Waals surface area contributed by atoms with E-state index in [2.05, 4.69) is 47.0 Å². The van der Waals surface area contributed by atoms with Gasteiger partial charge in [-0.25, -0.2) is 0 Å². The molecule has 0 spiro atoms. The molecule has 0 aliphatic carbocycles. The molecule has 1 amide bonds. The quantitative estimate of drug-likeness (QED) is 0.314. The van der Waals surface area contributed by atoms with Gasteiger partial charge in [-0.3, -0.25) is 23.6 Å². The Morgan fingerprint density at radius 1 is 1.17 bits per heavy atom. The average Bonchev–Trinajstić information content (AvgIpc) is 3.18. The van der Waals surface area contributed by atoms with E-state index in [0.717, 1.165) is 46.1 Å². The summed E-state index contributed by atoms with van der Waals surface area (Å²) in [6, 6.07) is 6.00. The molecule has 1 saturated heterocycles. The van der Waals surface area contributed by atoms with Crippen molar-refractivity contribution >= 4 is 27.4 Å². The first-order valence-corrected chi connectivity index (χ1v) is 14.4. The lowest BCUT2D eigenvalue weighted by Crippen LogP contribution is -2.48. The number of fused-ring (bicyclic) bond motifs is 1. The van der Waals surface area contributed by atoms with E-state index in [9.17, 15) is 18.7 Å². The third-order valence-corrected chi connectivity index (χ3v) is 9.08. The van der Waals surface area contributed by atoms with Crippen molar-refractivity contribution in [3.63, 3.8) is 0 Å². The zero-order valence-corrected chi connectivity index (χ0v) is 22.6. The SMILES string of the molecule is CCCc1cc(C)[nH]c(=O)c1CNC(=O)c1cc(C(C)(C)N2CCS(O)(O)CC2)cc2[nH]cc(C)c12. The molecule has 36 heavy (non-hydrogen) atoms. The van der Waals surface area contributed by atoms with Gasteiger partial charge in [0, 0.05) is 59.1 Å². The van der Waals surface area contributed by atoms with Gasteiger partial charge in [0.15, 0.2) is 0 Å². The zero-order valence-electron chi connectivity index (χ0n) is 21.8. The molecule has 2 aromatic heterocycles. The molecule has 3 heterocycles. The van der Waals surface area contributed by atoms with Crippen LogP contribution in [-0.2, 0) is 18.5 Å². The Labute approximate surface area is 213 Å². The third-order valence-electron chi connectivity index (χ3n) is 7.40. The Kier molecular flexibility index (Phi) is 7.39. The van der Waals surface area contributed by atoms with E-state index in [4.69, 9.17) is 0 Å². The van der Waals surface area contributed by atoms with Crippen molar-refractivity contribution in [3.05, 3.63) is 68.3 Å². The van der Waals surface area contributed by atoms with Crippen LogP contribution in [0.1, 0.15) is 65.5 Å². The lowest BCUT2D eigenvalue weighted by atomic mass is 9.88. The molecule has 4 rings (SSSR count). The standard InChI is InChI=1S/C27H38N4O4S/c1-6-7-19-12-18(3)30-26(33)22(19)16-29-25(32)21-13-20(14-23-24(21)17(2)15-28-23)27(4,5)31-8-10-36(34,35)11-9-31/h12-15,28,34-35H,6-11,16H2,1-5H3,(H,29,32)(H,30,33). The molecule has 5 N–H and O–H groups in total. The molecular weight excluding hydrogens is 476 g/mol. The van der Waals surface area contributed by atoms with Crippen LogP contribution in [0.15, 0.2) is 29.2 Å². The van der Waals surface area contributed by atoms with Gasteiger partial charge in [0.1, 0.15) is 0 Å². The van der Waals surface area contributed by atoms with Crippen molar-refractivity contribution in [1.82, 2.24) is 20.2 Å². The van der Waals surface area contributed by atoms with Crippen molar-refractivity contribution < 1.29 is 13.9 Å². The predicted molar refractivity (Wildman–Crippen MR) is 147 cm³/mol. The van der Waals surface area contributed by atoms with Crippen molar-refractivity contribution in [2.24, 2.45) is 0 Å². The number of carbonyl (C=O) groups excluding carboxylic acids is 1. The van der Waals surface area contributed by atoms with Gasteiger partial charge in [0.25, 0.3) is 11.5 Å². The molecule has 1 aliphatic rings. The molecule has 8 nitrogen and oxygen atoms in total. The first-order chi connectivity index (χ1) is 16.9. The van der Waals surface area contributed by atoms with Crippen LogP contribution < -0.4 is 10.9 Å². The molecule has 0 radical (unpaired) electrons. The zero-order chi connectivity index (χ0) is 26.3. The Morgan fingerprint density at radius 3 is 2.53 bits per heavy atom. The average molecular weight is 515 g/mol. The minimum atomic E-state index is -2.50. The minimum Gasteiger partial charge on any atom is -0.361 e. The van der Waals surface area contributed by atoms with Crippen LogP contribution in [0, 0.1) is 13.8 Å². The number of aromatic nitrogens is 2. The lowest BCUT2D eigenvalue weighted by Gasteiger charge is -2.47. The molecule has 9 heteroatoms. The number of benzene rings is 1. The number of H-pyrrole nitrogens is 2. The Hall–Kier alpha value is -2.59. The molecule has 0 saturated carbocycles. The maximum absolute atomic E-state index is 13.6. The molecule has 0 atom stereocenters. The molecular formula is C27H38N4O4S. The highest BCUT2D eigenvalue weighted by Crippen LogP contribution is 2.43. The van der Waals surface area contributed by atoms with E-state index in [-0.39, 0.29) is 18.0 Å². The fraction of sp³-hybridized carbons (Fsp3) is 0.481. The molecule has 196 valence electrons. The van der Waals surface area contributed by atoms with Crippen LogP contribution in [0.4, 0.5) is 0 Å². The minimum absolute atomic E-state index is 0.159. The number of nitrogens with zero attached hydrogens (tertiary/aromatic N) is 1. The second-order valence-electron chi connectivity index (χ2n) is 10.4. The van der Waals surface area contributed by atoms with Gasteiger partial charge in [0.05, 0.1) is 11.5 Å². The van der Waals surface area contributed by atoms with Gasteiger partial charge >= 0.3 is 0 Å². The second-order valence-corrected chi connectivity index (χ2v) is 12.8. The summed E-state index contributed by atoms with van der Waals surface area (Å²) in [7, 11) is -2.50. The summed E-state index contributed by atoms with van der Waals surface area (Å²) in [4.78, 5) is 34.6. The van der Waals surface area contributed by atoms with E-state index < -0.39 is 16.1 Å². The summed E-state index contributed by atoms with van der Waals surface area (Å²) in [5.41, 5.74) is 5.20. The summed E-state index contributed by atoms with van der Waals surface area (Å²) in [5.74, 6) is 0.494. The fourth-order valence-electron chi connectivity index (χ4n) is 5.17. The van der Waals surface area contributed by atoms with Crippen molar-refractivity contribution in [3.8, 4) is 0 Å². The van der Waals surface area contributed by atoms with E-state index in [1.807, 2.05) is 32.2 Å². The van der Waals surface area contributed by atoms with Crippen LogP contribution in [0.5, 0.6) is 0 Å². The highest BCUT2D eigenvalue weighted by atomic mass is 32.3. The Bertz CT molecular complexity index is 1330. The van der Waals surface area contributed by atoms with E-state index in [1.54, 1.807) is 0 Å². The number of aryl methyl sites for hydroxylation is 3. The largest absolute Gasteiger partial charge is 0.361 e. The van der Waals surface area contributed by atoms with Crippen LogP contribution in [-0.4, -0.2) is 54.5 Å². The number of amides is 1. The van der Waals surface area contributed by atoms with Crippen LogP contribution >= 0.6 is 10.6 Å². The Morgan fingerprint density at radius 2 is 1.86 bits per heavy atom. The van der Waals surface area contributed by atoms with Crippen molar-refractivity contribution in [2.75, 3.05) is 24.6 Å². The number of aromatic amines is 2. The number of pyridine rings is 1. The number of carbonyl (C=O) groups is 1. The summed E-state index contributed by atoms with van der Waals surface area (Å²) < 4.78 is 20.1. The highest BCUT2D eigenvalue weighted by Gasteiger charge is 2.34. The summed E-state index contributed by atoms with van der Waals surface area (Å²) >= 11 is 0. The third kappa shape index (κ3) is 5.25. The van der Waals surface area contributed by atoms with Gasteiger partial charge in [-0.05, 0) is 69.0 Å². The molecule has 3 aromatic rings. The van der Waals surface area contributed by atoms with Crippen LogP contribution in [0.25, 0.3) is 10.9 Å². The van der Waals surface area contributed by atoms with E-state index >= 15 is 0 Å². The summed E-state index contributed by atoms with van der Waals surface area (Å²) in [6.45, 7) is 11.4. The maximum Gasteiger partial charge on any atom is 0.253 e. The number of hydrogen-bond donors (Lipinski definition) is 5. The van der Waals surface area contributed by atoms with Crippen molar-refractivity contribution in [1.29, 1.82) is 0 Å². The Balaban J connectivity index is 1.66. The highest BCUT2D eigenvalue weighted by molar-refractivity contribution is 8.24. The van der Waals surface area contributed by atoms with E-state index in [1.165, 1.54) is 0 Å². The molecule has 1 fully saturated rings. The first kappa shape index (κ1) is 26.5. The second kappa shape index (κ2) is 10.0. The smallest absolute Gasteiger partial charge is 0.253 e. The molecule has 1 aromatic carbocycles. The van der Waals surface area contributed by atoms with Crippen LogP contribution in [0.3, 0.4) is 0 Å². The van der Waals surface area contributed by atoms with Gasteiger partial charge in [-0.2, -0.15) is 10.6 Å². The number of nitrogens with one attached hydrogen (secondary N) is 3. The van der Waals surface area contributed by atoms with Gasteiger partial charge in [0.2, 0.25) is 0 Å². The number of hydrogen-bond acceptors (Lipinski definition) is 5. The maximum atomic E-state index is 13.6. The first-order valence-electron chi connectivity index (χ1n) is 12.5. The van der Waals surface area contributed by atoms with Crippen LogP contribution in [0.2, 0.25) is 0 Å². The normalized spacial score (nSPS) is 17.3. The predicted octanol–water partition coefficient (Wildman–Crippen LogP) is 4.66. The lowest BCUT2D eigenvalue weighted by molar-refractivity contribution is 0.0951. The van der Waals surface area contributed by atoms with Gasteiger partial charge in [-0.15, -0.1) is 0 Å². The van der Waals surface area contributed by atoms with E-state index in [0.29, 0.717) is 35.7 Å². The molecule has 1 aliphatic heterocycles. The topological polar surface area (TPSA) is 121 Å².